The van der Waals surface area contributed by atoms with Gasteiger partial charge in [-0.25, -0.2) is 0 Å². The molecule has 2 aromatic rings. The van der Waals surface area contributed by atoms with Crippen molar-refractivity contribution in [3.8, 4) is 0 Å². The molecule has 1 aliphatic rings. The second-order valence-electron chi connectivity index (χ2n) is 8.20. The first-order valence-electron chi connectivity index (χ1n) is 8.93. The van der Waals surface area contributed by atoms with Crippen LogP contribution >= 0.6 is 0 Å². The van der Waals surface area contributed by atoms with E-state index in [2.05, 4.69) is 58.9 Å². The molecule has 0 radical (unpaired) electrons. The topological polar surface area (TPSA) is 0 Å². The molecule has 22 heavy (non-hydrogen) atoms. The Labute approximate surface area is 135 Å². The van der Waals surface area contributed by atoms with Crippen LogP contribution in [0.1, 0.15) is 81.0 Å². The van der Waals surface area contributed by atoms with Crippen LogP contribution in [0.4, 0.5) is 0 Å². The summed E-state index contributed by atoms with van der Waals surface area (Å²) in [4.78, 5) is 0. The van der Waals surface area contributed by atoms with Crippen LogP contribution in [0.3, 0.4) is 0 Å². The number of hydrogen-bond acceptors (Lipinski definition) is 0. The molecule has 118 valence electrons. The summed E-state index contributed by atoms with van der Waals surface area (Å²) in [5.74, 6) is 0.771. The van der Waals surface area contributed by atoms with E-state index >= 15 is 0 Å². The predicted octanol–water partition coefficient (Wildman–Crippen LogP) is 6.80. The summed E-state index contributed by atoms with van der Waals surface area (Å²) in [6.45, 7) is 11.6. The van der Waals surface area contributed by atoms with E-state index in [-0.39, 0.29) is 5.41 Å². The minimum atomic E-state index is 0.211. The molecule has 2 aromatic carbocycles. The number of aryl methyl sites for hydroxylation is 1. The zero-order chi connectivity index (χ0) is 15.9. The third-order valence-corrected chi connectivity index (χ3v) is 5.65. The van der Waals surface area contributed by atoms with Crippen LogP contribution in [0.2, 0.25) is 0 Å². The third kappa shape index (κ3) is 2.69. The van der Waals surface area contributed by atoms with Crippen molar-refractivity contribution in [2.24, 2.45) is 0 Å². The third-order valence-electron chi connectivity index (χ3n) is 5.65. The van der Waals surface area contributed by atoms with Gasteiger partial charge in [0.15, 0.2) is 0 Å². The lowest BCUT2D eigenvalue weighted by Gasteiger charge is -2.27. The molecule has 0 atom stereocenters. The van der Waals surface area contributed by atoms with Crippen LogP contribution in [0.5, 0.6) is 0 Å². The van der Waals surface area contributed by atoms with Crippen LogP contribution in [-0.4, -0.2) is 0 Å². The van der Waals surface area contributed by atoms with E-state index < -0.39 is 0 Å². The van der Waals surface area contributed by atoms with Crippen molar-refractivity contribution in [3.63, 3.8) is 0 Å². The Hall–Kier alpha value is -1.30. The Bertz CT molecular complexity index is 679. The van der Waals surface area contributed by atoms with E-state index in [1.807, 2.05) is 0 Å². The van der Waals surface area contributed by atoms with Crippen molar-refractivity contribution in [2.75, 3.05) is 0 Å². The highest BCUT2D eigenvalue weighted by atomic mass is 14.3. The molecule has 1 saturated carbocycles. The SMILES string of the molecule is Cc1c(C(C)(C)C)cc2c(C3CCCCC3)cccc2c1C. The summed E-state index contributed by atoms with van der Waals surface area (Å²) in [7, 11) is 0. The van der Waals surface area contributed by atoms with Crippen molar-refractivity contribution in [1.29, 1.82) is 0 Å². The first-order valence-corrected chi connectivity index (χ1v) is 8.93. The van der Waals surface area contributed by atoms with Gasteiger partial charge in [0.2, 0.25) is 0 Å². The molecule has 1 fully saturated rings. The van der Waals surface area contributed by atoms with Gasteiger partial charge in [-0.3, -0.25) is 0 Å². The maximum absolute atomic E-state index is 2.50. The van der Waals surface area contributed by atoms with Crippen LogP contribution in [-0.2, 0) is 5.41 Å². The molecule has 0 spiro atoms. The Balaban J connectivity index is 2.24. The summed E-state index contributed by atoms with van der Waals surface area (Å²) >= 11 is 0. The molecule has 0 nitrogen and oxygen atoms in total. The van der Waals surface area contributed by atoms with Crippen molar-refractivity contribution in [1.82, 2.24) is 0 Å². The molecular weight excluding hydrogens is 264 g/mol. The van der Waals surface area contributed by atoms with Gasteiger partial charge in [-0.15, -0.1) is 0 Å². The van der Waals surface area contributed by atoms with Gasteiger partial charge in [0.1, 0.15) is 0 Å². The number of rotatable bonds is 1. The van der Waals surface area contributed by atoms with E-state index in [4.69, 9.17) is 0 Å². The van der Waals surface area contributed by atoms with Crippen molar-refractivity contribution < 1.29 is 0 Å². The second kappa shape index (κ2) is 5.72. The zero-order valence-electron chi connectivity index (χ0n) is 14.9. The summed E-state index contributed by atoms with van der Waals surface area (Å²) in [5.41, 5.74) is 6.27. The second-order valence-corrected chi connectivity index (χ2v) is 8.20. The van der Waals surface area contributed by atoms with Crippen LogP contribution in [0.25, 0.3) is 10.8 Å². The Kier molecular flexibility index (Phi) is 4.05. The zero-order valence-corrected chi connectivity index (χ0v) is 14.9. The van der Waals surface area contributed by atoms with Gasteiger partial charge in [0, 0.05) is 0 Å². The standard InChI is InChI=1S/C22H30/c1-15-16(2)21(22(3,4)5)14-20-18(15)12-9-13-19(20)17-10-7-6-8-11-17/h9,12-14,17H,6-8,10-11H2,1-5H3. The van der Waals surface area contributed by atoms with E-state index in [9.17, 15) is 0 Å². The molecular formula is C22H30. The molecule has 0 N–H and O–H groups in total. The molecule has 0 saturated heterocycles. The van der Waals surface area contributed by atoms with Crippen molar-refractivity contribution in [3.05, 3.63) is 46.5 Å². The largest absolute Gasteiger partial charge is 0.0613 e. The molecule has 0 unspecified atom stereocenters. The fourth-order valence-corrected chi connectivity index (χ4v) is 4.28. The highest BCUT2D eigenvalue weighted by molar-refractivity contribution is 5.91. The fraction of sp³-hybridized carbons (Fsp3) is 0.545. The monoisotopic (exact) mass is 294 g/mol. The molecule has 0 heteroatoms. The highest BCUT2D eigenvalue weighted by Crippen LogP contribution is 2.40. The van der Waals surface area contributed by atoms with Gasteiger partial charge in [-0.05, 0) is 71.0 Å². The molecule has 3 rings (SSSR count). The average Bonchev–Trinajstić information content (AvgIpc) is 2.50. The van der Waals surface area contributed by atoms with Gasteiger partial charge in [0.05, 0.1) is 0 Å². The minimum Gasteiger partial charge on any atom is -0.0613 e. The molecule has 0 amide bonds. The Morgan fingerprint density at radius 2 is 1.55 bits per heavy atom. The molecule has 0 aromatic heterocycles. The lowest BCUT2D eigenvalue weighted by molar-refractivity contribution is 0.445. The predicted molar refractivity (Wildman–Crippen MR) is 97.9 cm³/mol. The van der Waals surface area contributed by atoms with Crippen molar-refractivity contribution in [2.45, 2.75) is 78.1 Å². The summed E-state index contributed by atoms with van der Waals surface area (Å²) in [6, 6.07) is 9.48. The lowest BCUT2D eigenvalue weighted by Crippen LogP contribution is -2.14. The van der Waals surface area contributed by atoms with Crippen LogP contribution in [0.15, 0.2) is 24.3 Å². The fourth-order valence-electron chi connectivity index (χ4n) is 4.28. The first kappa shape index (κ1) is 15.6. The number of hydrogen-bond donors (Lipinski definition) is 0. The van der Waals surface area contributed by atoms with Gasteiger partial charge < -0.3 is 0 Å². The van der Waals surface area contributed by atoms with Crippen LogP contribution < -0.4 is 0 Å². The first-order chi connectivity index (χ1) is 10.4. The maximum Gasteiger partial charge on any atom is -0.0129 e. The van der Waals surface area contributed by atoms with Crippen LogP contribution in [0, 0.1) is 13.8 Å². The number of fused-ring (bicyclic) bond motifs is 1. The Morgan fingerprint density at radius 3 is 2.18 bits per heavy atom. The minimum absolute atomic E-state index is 0.211. The summed E-state index contributed by atoms with van der Waals surface area (Å²) in [5, 5.41) is 2.98. The normalized spacial score (nSPS) is 17.1. The summed E-state index contributed by atoms with van der Waals surface area (Å²) < 4.78 is 0. The average molecular weight is 294 g/mol. The van der Waals surface area contributed by atoms with E-state index in [0.29, 0.717) is 0 Å². The van der Waals surface area contributed by atoms with E-state index in [1.54, 1.807) is 5.56 Å². The molecule has 0 heterocycles. The molecule has 1 aliphatic carbocycles. The highest BCUT2D eigenvalue weighted by Gasteiger charge is 2.22. The summed E-state index contributed by atoms with van der Waals surface area (Å²) in [6.07, 6.45) is 6.97. The van der Waals surface area contributed by atoms with Gasteiger partial charge in [-0.2, -0.15) is 0 Å². The quantitative estimate of drug-likeness (QED) is 0.542. The number of benzene rings is 2. The van der Waals surface area contributed by atoms with Gasteiger partial charge in [-0.1, -0.05) is 64.3 Å². The van der Waals surface area contributed by atoms with Crippen molar-refractivity contribution >= 4 is 10.8 Å². The molecule has 0 bridgehead atoms. The van der Waals surface area contributed by atoms with Gasteiger partial charge >= 0.3 is 0 Å². The maximum atomic E-state index is 2.50. The van der Waals surface area contributed by atoms with Gasteiger partial charge in [0.25, 0.3) is 0 Å². The Morgan fingerprint density at radius 1 is 0.864 bits per heavy atom. The lowest BCUT2D eigenvalue weighted by atomic mass is 9.77. The smallest absolute Gasteiger partial charge is 0.0129 e. The van der Waals surface area contributed by atoms with E-state index in [0.717, 1.165) is 5.92 Å². The molecule has 0 aliphatic heterocycles. The van der Waals surface area contributed by atoms with E-state index in [1.165, 1.54) is 59.6 Å².